The largest absolute Gasteiger partial charge is 0.496 e. The van der Waals surface area contributed by atoms with Gasteiger partial charge in [-0.2, -0.15) is 0 Å². The summed E-state index contributed by atoms with van der Waals surface area (Å²) in [5.41, 5.74) is 0.705. The number of nitrogens with zero attached hydrogens (tertiary/aromatic N) is 2. The van der Waals surface area contributed by atoms with Crippen LogP contribution in [-0.4, -0.2) is 43.5 Å². The van der Waals surface area contributed by atoms with Gasteiger partial charge in [-0.05, 0) is 32.3 Å². The van der Waals surface area contributed by atoms with Crippen LogP contribution >= 0.6 is 0 Å². The fraction of sp³-hybridized carbons (Fsp3) is 0.304. The molecule has 1 heterocycles. The van der Waals surface area contributed by atoms with E-state index in [2.05, 4.69) is 10.3 Å². The molecule has 0 radical (unpaired) electrons. The first-order valence-electron chi connectivity index (χ1n) is 9.85. The lowest BCUT2D eigenvalue weighted by Crippen LogP contribution is -2.34. The number of amides is 1. The smallest absolute Gasteiger partial charge is 0.220 e. The molecular weight excluding hydrogens is 404 g/mol. The normalized spacial score (nSPS) is 12.1. The monoisotopic (exact) mass is 429 g/mol. The predicted molar refractivity (Wildman–Crippen MR) is 113 cm³/mol. The van der Waals surface area contributed by atoms with Gasteiger partial charge in [-0.15, -0.1) is 0 Å². The quantitative estimate of drug-likeness (QED) is 0.557. The van der Waals surface area contributed by atoms with Crippen molar-refractivity contribution in [3.8, 4) is 17.1 Å². The molecule has 6 nitrogen and oxygen atoms in total. The molecule has 0 saturated heterocycles. The Morgan fingerprint density at radius 2 is 1.87 bits per heavy atom. The van der Waals surface area contributed by atoms with Crippen LogP contribution in [-0.2, 0) is 11.2 Å². The maximum absolute atomic E-state index is 13.9. The van der Waals surface area contributed by atoms with Gasteiger partial charge in [0, 0.05) is 24.9 Å². The summed E-state index contributed by atoms with van der Waals surface area (Å²) in [6.45, 7) is 0.392. The molecule has 31 heavy (non-hydrogen) atoms. The Kier molecular flexibility index (Phi) is 7.36. The number of nitrogens with one attached hydrogen (secondary N) is 1. The second kappa shape index (κ2) is 10.2. The van der Waals surface area contributed by atoms with Crippen LogP contribution in [0.25, 0.3) is 11.3 Å². The Bertz CT molecular complexity index is 1020. The molecule has 3 aromatic rings. The SMILES string of the molecule is COc1ccccc1C(CNC(=O)CCc1ncc(-c2c(F)cccc2F)o1)N(C)C. The molecule has 0 aliphatic heterocycles. The minimum atomic E-state index is -0.730. The number of methoxy groups -OCH3 is 1. The number of ether oxygens (including phenoxy) is 1. The molecule has 0 fully saturated rings. The van der Waals surface area contributed by atoms with Crippen molar-refractivity contribution < 1.29 is 22.7 Å². The summed E-state index contributed by atoms with van der Waals surface area (Å²) >= 11 is 0. The lowest BCUT2D eigenvalue weighted by molar-refractivity contribution is -0.121. The summed E-state index contributed by atoms with van der Waals surface area (Å²) in [6, 6.07) is 11.2. The maximum atomic E-state index is 13.9. The van der Waals surface area contributed by atoms with E-state index in [-0.39, 0.29) is 42.0 Å². The third kappa shape index (κ3) is 5.46. The number of carbonyl (C=O) groups excluding carboxylic acids is 1. The first-order chi connectivity index (χ1) is 14.9. The van der Waals surface area contributed by atoms with E-state index >= 15 is 0 Å². The molecule has 0 saturated carbocycles. The third-order valence-corrected chi connectivity index (χ3v) is 4.94. The van der Waals surface area contributed by atoms with Crippen molar-refractivity contribution in [3.63, 3.8) is 0 Å². The fourth-order valence-corrected chi connectivity index (χ4v) is 3.31. The highest BCUT2D eigenvalue weighted by Crippen LogP contribution is 2.28. The summed E-state index contributed by atoms with van der Waals surface area (Å²) in [5, 5.41) is 2.92. The highest BCUT2D eigenvalue weighted by Gasteiger charge is 2.20. The Hall–Kier alpha value is -3.26. The zero-order chi connectivity index (χ0) is 22.4. The molecule has 0 bridgehead atoms. The first kappa shape index (κ1) is 22.4. The van der Waals surface area contributed by atoms with E-state index < -0.39 is 11.6 Å². The molecule has 0 aliphatic rings. The van der Waals surface area contributed by atoms with E-state index in [1.807, 2.05) is 43.3 Å². The van der Waals surface area contributed by atoms with Crippen LogP contribution in [0.2, 0.25) is 0 Å². The summed E-state index contributed by atoms with van der Waals surface area (Å²) in [6.07, 6.45) is 1.60. The molecule has 2 aromatic carbocycles. The molecule has 1 aromatic heterocycles. The van der Waals surface area contributed by atoms with Crippen molar-refractivity contribution in [1.82, 2.24) is 15.2 Å². The summed E-state index contributed by atoms with van der Waals surface area (Å²) in [7, 11) is 5.47. The number of hydrogen-bond donors (Lipinski definition) is 1. The van der Waals surface area contributed by atoms with Crippen LogP contribution in [0.3, 0.4) is 0 Å². The van der Waals surface area contributed by atoms with Crippen LogP contribution in [0.15, 0.2) is 53.1 Å². The number of carbonyl (C=O) groups is 1. The zero-order valence-corrected chi connectivity index (χ0v) is 17.7. The second-order valence-electron chi connectivity index (χ2n) is 7.24. The van der Waals surface area contributed by atoms with Crippen molar-refractivity contribution in [1.29, 1.82) is 0 Å². The van der Waals surface area contributed by atoms with Crippen molar-refractivity contribution in [3.05, 3.63) is 71.8 Å². The lowest BCUT2D eigenvalue weighted by Gasteiger charge is -2.26. The van der Waals surface area contributed by atoms with Gasteiger partial charge in [-0.1, -0.05) is 24.3 Å². The van der Waals surface area contributed by atoms with Gasteiger partial charge >= 0.3 is 0 Å². The van der Waals surface area contributed by atoms with Crippen molar-refractivity contribution in [2.75, 3.05) is 27.7 Å². The van der Waals surface area contributed by atoms with Gasteiger partial charge < -0.3 is 19.4 Å². The number of aryl methyl sites for hydroxylation is 1. The van der Waals surface area contributed by atoms with Crippen molar-refractivity contribution in [2.24, 2.45) is 0 Å². The Labute approximate surface area is 179 Å². The molecule has 164 valence electrons. The van der Waals surface area contributed by atoms with Crippen LogP contribution in [0.1, 0.15) is 23.9 Å². The average molecular weight is 429 g/mol. The summed E-state index contributed by atoms with van der Waals surface area (Å²) in [5.74, 6) is -0.656. The zero-order valence-electron chi connectivity index (χ0n) is 17.7. The van der Waals surface area contributed by atoms with E-state index in [1.165, 1.54) is 12.3 Å². The van der Waals surface area contributed by atoms with Crippen molar-refractivity contribution in [2.45, 2.75) is 18.9 Å². The average Bonchev–Trinajstić information content (AvgIpc) is 3.21. The second-order valence-corrected chi connectivity index (χ2v) is 7.24. The van der Waals surface area contributed by atoms with Gasteiger partial charge in [-0.3, -0.25) is 4.79 Å². The van der Waals surface area contributed by atoms with E-state index in [4.69, 9.17) is 9.15 Å². The molecule has 1 amide bonds. The van der Waals surface area contributed by atoms with Gasteiger partial charge in [0.25, 0.3) is 0 Å². The number of hydrogen-bond acceptors (Lipinski definition) is 5. The number of aromatic nitrogens is 1. The maximum Gasteiger partial charge on any atom is 0.220 e. The van der Waals surface area contributed by atoms with Gasteiger partial charge in [0.2, 0.25) is 5.91 Å². The van der Waals surface area contributed by atoms with Crippen LogP contribution in [0.4, 0.5) is 8.78 Å². The van der Waals surface area contributed by atoms with Crippen LogP contribution in [0.5, 0.6) is 5.75 Å². The fourth-order valence-electron chi connectivity index (χ4n) is 3.31. The van der Waals surface area contributed by atoms with Crippen LogP contribution in [0, 0.1) is 11.6 Å². The standard InChI is InChI=1S/C23H25F2N3O3/c1-28(2)18(15-7-4-5-10-19(15)30-3)13-26-21(29)11-12-22-27-14-20(31-22)23-16(24)8-6-9-17(23)25/h4-10,14,18H,11-13H2,1-3H3,(H,26,29). The van der Waals surface area contributed by atoms with E-state index in [0.29, 0.717) is 6.54 Å². The van der Waals surface area contributed by atoms with E-state index in [1.54, 1.807) is 7.11 Å². The summed E-state index contributed by atoms with van der Waals surface area (Å²) < 4.78 is 38.7. The Morgan fingerprint density at radius 3 is 2.55 bits per heavy atom. The molecule has 1 N–H and O–H groups in total. The molecule has 8 heteroatoms. The topological polar surface area (TPSA) is 67.6 Å². The lowest BCUT2D eigenvalue weighted by atomic mass is 10.0. The minimum absolute atomic E-state index is 0.00477. The van der Waals surface area contributed by atoms with E-state index in [0.717, 1.165) is 23.4 Å². The Morgan fingerprint density at radius 1 is 1.16 bits per heavy atom. The summed E-state index contributed by atoms with van der Waals surface area (Å²) in [4.78, 5) is 18.4. The predicted octanol–water partition coefficient (Wildman–Crippen LogP) is 3.98. The molecule has 1 unspecified atom stereocenters. The van der Waals surface area contributed by atoms with Gasteiger partial charge in [0.1, 0.15) is 17.4 Å². The van der Waals surface area contributed by atoms with Gasteiger partial charge in [0.05, 0.1) is 24.9 Å². The highest BCUT2D eigenvalue weighted by atomic mass is 19.1. The number of rotatable bonds is 9. The molecule has 1 atom stereocenters. The highest BCUT2D eigenvalue weighted by molar-refractivity contribution is 5.76. The first-order valence-corrected chi connectivity index (χ1v) is 9.85. The number of oxazole rings is 1. The van der Waals surface area contributed by atoms with Crippen LogP contribution < -0.4 is 10.1 Å². The number of para-hydroxylation sites is 1. The number of benzene rings is 2. The van der Waals surface area contributed by atoms with Gasteiger partial charge in [-0.25, -0.2) is 13.8 Å². The molecule has 0 aliphatic carbocycles. The number of halogens is 2. The molecular formula is C23H25F2N3O3. The molecule has 0 spiro atoms. The number of likely N-dealkylation sites (N-methyl/N-ethyl adjacent to an activating group) is 1. The Balaban J connectivity index is 1.58. The molecule has 3 rings (SSSR count). The minimum Gasteiger partial charge on any atom is -0.496 e. The third-order valence-electron chi connectivity index (χ3n) is 4.94. The van der Waals surface area contributed by atoms with Gasteiger partial charge in [0.15, 0.2) is 11.7 Å². The van der Waals surface area contributed by atoms with E-state index in [9.17, 15) is 13.6 Å². The van der Waals surface area contributed by atoms with Crippen molar-refractivity contribution >= 4 is 5.91 Å².